The topological polar surface area (TPSA) is 95.5 Å². The number of piperazine rings is 1. The van der Waals surface area contributed by atoms with E-state index in [1.165, 1.54) is 24.3 Å². The zero-order chi connectivity index (χ0) is 33.0. The first-order valence-corrected chi connectivity index (χ1v) is 14.9. The maximum absolute atomic E-state index is 16.9. The van der Waals surface area contributed by atoms with Gasteiger partial charge in [-0.1, -0.05) is 30.8 Å². The van der Waals surface area contributed by atoms with Crippen molar-refractivity contribution in [3.63, 3.8) is 0 Å². The summed E-state index contributed by atoms with van der Waals surface area (Å²) >= 11 is 6.75. The number of pyridine rings is 1. The van der Waals surface area contributed by atoms with Crippen LogP contribution in [0.15, 0.2) is 55.3 Å². The molecule has 2 aromatic carbocycles. The highest BCUT2D eigenvalue weighted by Gasteiger charge is 2.48. The Balaban J connectivity index is 1.63. The van der Waals surface area contributed by atoms with Crippen LogP contribution in [0.4, 0.5) is 20.2 Å². The van der Waals surface area contributed by atoms with Crippen molar-refractivity contribution in [1.82, 2.24) is 14.8 Å². The largest absolute Gasteiger partial charge is 0.470 e. The third-order valence-corrected chi connectivity index (χ3v) is 8.69. The lowest BCUT2D eigenvalue weighted by atomic mass is 9.94. The number of nitrogens with zero attached hydrogens (tertiary/aromatic N) is 5. The van der Waals surface area contributed by atoms with Crippen molar-refractivity contribution in [2.45, 2.75) is 25.1 Å². The Morgan fingerprint density at radius 3 is 2.61 bits per heavy atom. The lowest BCUT2D eigenvalue weighted by Crippen LogP contribution is -2.64. The van der Waals surface area contributed by atoms with E-state index >= 15 is 8.78 Å². The predicted molar refractivity (Wildman–Crippen MR) is 170 cm³/mol. The Kier molecular flexibility index (Phi) is 8.05. The molecule has 3 aliphatic rings. The number of hydrogen-bond donors (Lipinski definition) is 0. The van der Waals surface area contributed by atoms with E-state index in [4.69, 9.17) is 21.1 Å². The number of ether oxygens (including phenoxy) is 2. The third kappa shape index (κ3) is 4.99. The van der Waals surface area contributed by atoms with E-state index in [2.05, 4.69) is 24.1 Å². The lowest BCUT2D eigenvalue weighted by molar-refractivity contribution is -0.129. The quantitative estimate of drug-likeness (QED) is 0.167. The molecule has 13 heteroatoms. The number of halogens is 3. The molecule has 0 radical (unpaired) electrons. The zero-order valence-electron chi connectivity index (χ0n) is 25.3. The molecule has 46 heavy (non-hydrogen) atoms. The summed E-state index contributed by atoms with van der Waals surface area (Å²) in [6.07, 6.45) is 1.66. The highest BCUT2D eigenvalue weighted by atomic mass is 35.5. The Bertz CT molecular complexity index is 1880. The van der Waals surface area contributed by atoms with Crippen molar-refractivity contribution in [1.29, 1.82) is 0 Å². The van der Waals surface area contributed by atoms with Crippen LogP contribution in [-0.4, -0.2) is 91.1 Å². The molecule has 0 aliphatic carbocycles. The Morgan fingerprint density at radius 1 is 1.17 bits per heavy atom. The molecule has 3 aromatic rings. The standard InChI is InChI=1S/C33H30ClF2N5O5/c1-6-25(43)39-15-22-23(16-42)41-14-18(13-38(4)5)45-33-32(41)31(40(22)12-17(39)3)19-11-20(34)27(29(36)30(19)37-33)28-21(35)9-8-10-24(28)46-26(44)7-2/h6-11,17-18,22H,1-2,12-15H2,3-5H3/t17-,18-,22-/m1/s1. The highest BCUT2D eigenvalue weighted by molar-refractivity contribution is 6.34. The summed E-state index contributed by atoms with van der Waals surface area (Å²) in [6.45, 7) is 9.99. The fraction of sp³-hybridized carbons (Fsp3) is 0.303. The van der Waals surface area contributed by atoms with Gasteiger partial charge in [-0.2, -0.15) is 0 Å². The summed E-state index contributed by atoms with van der Waals surface area (Å²) in [5, 5.41) is 0.121. The van der Waals surface area contributed by atoms with E-state index in [0.717, 1.165) is 12.1 Å². The van der Waals surface area contributed by atoms with Crippen LogP contribution in [0.3, 0.4) is 0 Å². The first-order chi connectivity index (χ1) is 22.0. The number of carbonyl (C=O) groups excluding carboxylic acids is 3. The van der Waals surface area contributed by atoms with Crippen LogP contribution in [0, 0.1) is 11.6 Å². The molecular weight excluding hydrogens is 620 g/mol. The smallest absolute Gasteiger partial charge is 0.335 e. The minimum absolute atomic E-state index is 0.0723. The van der Waals surface area contributed by atoms with Gasteiger partial charge in [0.15, 0.2) is 5.82 Å². The third-order valence-electron chi connectivity index (χ3n) is 8.39. The van der Waals surface area contributed by atoms with Crippen LogP contribution in [0.1, 0.15) is 6.92 Å². The van der Waals surface area contributed by atoms with Gasteiger partial charge in [0.25, 0.3) is 0 Å². The number of aromatic nitrogens is 1. The van der Waals surface area contributed by atoms with Crippen molar-refractivity contribution in [2.24, 2.45) is 0 Å². The normalized spacial score (nSPS) is 20.1. The van der Waals surface area contributed by atoms with E-state index in [1.807, 2.05) is 30.8 Å². The van der Waals surface area contributed by atoms with Crippen molar-refractivity contribution < 1.29 is 32.6 Å². The molecule has 1 amide bonds. The molecule has 3 aliphatic heterocycles. The summed E-state index contributed by atoms with van der Waals surface area (Å²) in [5.74, 6) is -1.07. The number of anilines is 2. The van der Waals surface area contributed by atoms with Gasteiger partial charge in [0.1, 0.15) is 40.5 Å². The molecule has 0 bridgehead atoms. The van der Waals surface area contributed by atoms with Gasteiger partial charge in [-0.05, 0) is 45.3 Å². The van der Waals surface area contributed by atoms with Crippen molar-refractivity contribution >= 4 is 51.7 Å². The molecule has 1 saturated heterocycles. The number of fused-ring (bicyclic) bond motifs is 4. The minimum Gasteiger partial charge on any atom is -0.470 e. The minimum atomic E-state index is -0.964. The number of amides is 1. The van der Waals surface area contributed by atoms with E-state index in [0.29, 0.717) is 23.6 Å². The molecule has 0 unspecified atom stereocenters. The van der Waals surface area contributed by atoms with Gasteiger partial charge < -0.3 is 29.1 Å². The van der Waals surface area contributed by atoms with Gasteiger partial charge in [-0.3, -0.25) is 4.79 Å². The molecular formula is C33H30ClF2N5O5. The van der Waals surface area contributed by atoms with Gasteiger partial charge in [0.2, 0.25) is 11.8 Å². The van der Waals surface area contributed by atoms with Crippen molar-refractivity contribution in [3.8, 4) is 22.8 Å². The van der Waals surface area contributed by atoms with Crippen LogP contribution >= 0.6 is 11.6 Å². The average Bonchev–Trinajstić information content (AvgIpc) is 3.01. The fourth-order valence-corrected chi connectivity index (χ4v) is 6.79. The number of hydrogen-bond acceptors (Lipinski definition) is 9. The van der Waals surface area contributed by atoms with Crippen molar-refractivity contribution in [3.05, 3.63) is 71.9 Å². The second kappa shape index (κ2) is 11.9. The molecule has 0 N–H and O–H groups in total. The predicted octanol–water partition coefficient (Wildman–Crippen LogP) is 4.37. The van der Waals surface area contributed by atoms with Gasteiger partial charge in [0, 0.05) is 42.7 Å². The molecule has 4 heterocycles. The maximum atomic E-state index is 16.9. The zero-order valence-corrected chi connectivity index (χ0v) is 26.1. The van der Waals surface area contributed by atoms with Crippen LogP contribution < -0.4 is 19.3 Å². The van der Waals surface area contributed by atoms with E-state index < -0.39 is 29.7 Å². The summed E-state index contributed by atoms with van der Waals surface area (Å²) < 4.78 is 43.8. The molecule has 238 valence electrons. The van der Waals surface area contributed by atoms with Gasteiger partial charge in [-0.15, -0.1) is 0 Å². The summed E-state index contributed by atoms with van der Waals surface area (Å²) in [7, 11) is 3.74. The SMILES string of the molecule is C=CC(=O)Oc1cccc(F)c1-c1c(Cl)cc2c3c4c(nc2c1F)O[C@H](CN(C)C)CN4C(=C=O)[C@H]1CN(C(=O)C=C)[C@H](C)CN31. The molecule has 10 nitrogen and oxygen atoms in total. The fourth-order valence-electron chi connectivity index (χ4n) is 6.50. The molecule has 0 spiro atoms. The number of carbonyl (C=O) groups is 2. The number of likely N-dealkylation sites (N-methyl/N-ethyl adjacent to an activating group) is 1. The Hall–Kier alpha value is -4.77. The molecule has 0 saturated carbocycles. The summed E-state index contributed by atoms with van der Waals surface area (Å²) in [5.41, 5.74) is 0.354. The lowest BCUT2D eigenvalue weighted by Gasteiger charge is -2.53. The highest BCUT2D eigenvalue weighted by Crippen LogP contribution is 2.53. The molecule has 6 rings (SSSR count). The number of rotatable bonds is 6. The van der Waals surface area contributed by atoms with Gasteiger partial charge in [-0.25, -0.2) is 23.4 Å². The summed E-state index contributed by atoms with van der Waals surface area (Å²) in [6, 6.07) is 4.26. The molecule has 1 aromatic heterocycles. The second-order valence-electron chi connectivity index (χ2n) is 11.6. The monoisotopic (exact) mass is 649 g/mol. The molecule has 3 atom stereocenters. The molecule has 1 fully saturated rings. The number of benzene rings is 2. The van der Waals surface area contributed by atoms with Crippen molar-refractivity contribution in [2.75, 3.05) is 50.1 Å². The number of esters is 1. The first-order valence-electron chi connectivity index (χ1n) is 14.5. The van der Waals surface area contributed by atoms with E-state index in [1.54, 1.807) is 9.80 Å². The Labute approximate surface area is 268 Å². The van der Waals surface area contributed by atoms with E-state index in [-0.39, 0.29) is 70.3 Å². The maximum Gasteiger partial charge on any atom is 0.335 e. The van der Waals surface area contributed by atoms with Gasteiger partial charge in [0.05, 0.1) is 28.9 Å². The van der Waals surface area contributed by atoms with E-state index in [9.17, 15) is 14.4 Å². The first kappa shape index (κ1) is 31.2. The summed E-state index contributed by atoms with van der Waals surface area (Å²) in [4.78, 5) is 49.3. The van der Waals surface area contributed by atoms with Crippen LogP contribution in [0.25, 0.3) is 22.0 Å². The van der Waals surface area contributed by atoms with Crippen LogP contribution in [0.5, 0.6) is 11.6 Å². The van der Waals surface area contributed by atoms with Gasteiger partial charge >= 0.3 is 5.97 Å². The van der Waals surface area contributed by atoms with Crippen LogP contribution in [-0.2, 0) is 14.4 Å². The Morgan fingerprint density at radius 2 is 1.93 bits per heavy atom. The average molecular weight is 650 g/mol. The van der Waals surface area contributed by atoms with Crippen LogP contribution in [0.2, 0.25) is 5.02 Å². The second-order valence-corrected chi connectivity index (χ2v) is 12.0.